The van der Waals surface area contributed by atoms with Gasteiger partial charge in [-0.05, 0) is 36.2 Å². The van der Waals surface area contributed by atoms with Crippen LogP contribution in [0, 0.1) is 0 Å². The van der Waals surface area contributed by atoms with Gasteiger partial charge in [0, 0.05) is 4.90 Å². The van der Waals surface area contributed by atoms with Gasteiger partial charge in [0.25, 0.3) is 5.91 Å². The van der Waals surface area contributed by atoms with E-state index in [1.54, 1.807) is 36.4 Å². The summed E-state index contributed by atoms with van der Waals surface area (Å²) in [4.78, 5) is 35.7. The van der Waals surface area contributed by atoms with Crippen molar-refractivity contribution >= 4 is 35.2 Å². The third kappa shape index (κ3) is 5.93. The summed E-state index contributed by atoms with van der Waals surface area (Å²) in [6.45, 7) is 1.63. The van der Waals surface area contributed by atoms with Crippen LogP contribution in [0.5, 0.6) is 0 Å². The van der Waals surface area contributed by atoms with E-state index in [-0.39, 0.29) is 5.75 Å². The number of hydrogen-bond acceptors (Lipinski definition) is 5. The number of carbonyl (C=O) groups is 3. The number of hydrogen-bond donors (Lipinski definition) is 2. The highest BCUT2D eigenvalue weighted by Gasteiger charge is 2.12. The van der Waals surface area contributed by atoms with Gasteiger partial charge < -0.3 is 15.8 Å². The molecule has 0 aromatic heterocycles. The van der Waals surface area contributed by atoms with E-state index in [0.29, 0.717) is 16.1 Å². The van der Waals surface area contributed by atoms with Crippen molar-refractivity contribution in [2.75, 3.05) is 17.7 Å². The Morgan fingerprint density at radius 1 is 1.08 bits per heavy atom. The maximum absolute atomic E-state index is 12.0. The second kappa shape index (κ2) is 9.62. The van der Waals surface area contributed by atoms with Crippen LogP contribution in [0.15, 0.2) is 53.4 Å². The molecule has 2 amide bonds. The number of nitrogens with one attached hydrogen (secondary N) is 1. The largest absolute Gasteiger partial charge is 0.452 e. The van der Waals surface area contributed by atoms with Gasteiger partial charge in [-0.15, -0.1) is 11.8 Å². The minimum atomic E-state index is -0.556. The number of para-hydroxylation sites is 1. The van der Waals surface area contributed by atoms with Crippen LogP contribution in [0.1, 0.15) is 22.8 Å². The number of thioether (sulfide) groups is 1. The molecule has 26 heavy (non-hydrogen) atoms. The quantitative estimate of drug-likeness (QED) is 0.548. The molecular formula is C19H20N2O4S. The van der Waals surface area contributed by atoms with Gasteiger partial charge in [0.05, 0.1) is 17.0 Å². The fraction of sp³-hybridized carbons (Fsp3) is 0.211. The van der Waals surface area contributed by atoms with Gasteiger partial charge in [-0.2, -0.15) is 0 Å². The second-order valence-electron chi connectivity index (χ2n) is 5.43. The lowest BCUT2D eigenvalue weighted by molar-refractivity contribution is -0.119. The first-order valence-electron chi connectivity index (χ1n) is 8.05. The van der Waals surface area contributed by atoms with E-state index >= 15 is 0 Å². The lowest BCUT2D eigenvalue weighted by Gasteiger charge is -2.10. The molecule has 0 atom stereocenters. The fourth-order valence-electron chi connectivity index (χ4n) is 2.12. The Bertz CT molecular complexity index is 790. The Balaban J connectivity index is 1.90. The molecule has 2 aromatic carbocycles. The summed E-state index contributed by atoms with van der Waals surface area (Å²) in [6, 6.07) is 14.1. The highest BCUT2D eigenvalue weighted by atomic mass is 32.2. The number of carbonyl (C=O) groups excluding carboxylic acids is 3. The molecule has 0 saturated heterocycles. The molecule has 6 nitrogen and oxygen atoms in total. The average molecular weight is 372 g/mol. The predicted octanol–water partition coefficient (Wildman–Crippen LogP) is 2.62. The van der Waals surface area contributed by atoms with E-state index < -0.39 is 24.4 Å². The van der Waals surface area contributed by atoms with E-state index in [1.165, 1.54) is 11.8 Å². The summed E-state index contributed by atoms with van der Waals surface area (Å²) in [5.41, 5.74) is 7.19. The molecule has 0 spiro atoms. The molecule has 0 saturated carbocycles. The summed E-state index contributed by atoms with van der Waals surface area (Å²) in [5, 5.41) is 2.67. The summed E-state index contributed by atoms with van der Waals surface area (Å²) in [6.07, 6.45) is 0.880. The van der Waals surface area contributed by atoms with E-state index in [9.17, 15) is 14.4 Å². The van der Waals surface area contributed by atoms with Crippen molar-refractivity contribution in [3.05, 3.63) is 59.7 Å². The maximum atomic E-state index is 12.0. The minimum Gasteiger partial charge on any atom is -0.452 e. The zero-order valence-corrected chi connectivity index (χ0v) is 15.2. The highest BCUT2D eigenvalue weighted by Crippen LogP contribution is 2.26. The first-order valence-corrected chi connectivity index (χ1v) is 9.04. The third-order valence-electron chi connectivity index (χ3n) is 3.46. The molecule has 0 aliphatic carbocycles. The van der Waals surface area contributed by atoms with Crippen molar-refractivity contribution < 1.29 is 19.1 Å². The fourth-order valence-corrected chi connectivity index (χ4v) is 2.87. The van der Waals surface area contributed by atoms with Gasteiger partial charge in [-0.3, -0.25) is 9.59 Å². The van der Waals surface area contributed by atoms with Crippen molar-refractivity contribution in [2.45, 2.75) is 18.2 Å². The van der Waals surface area contributed by atoms with E-state index in [2.05, 4.69) is 5.32 Å². The number of aryl methyl sites for hydroxylation is 1. The molecule has 2 rings (SSSR count). The van der Waals surface area contributed by atoms with Crippen molar-refractivity contribution in [1.82, 2.24) is 0 Å². The van der Waals surface area contributed by atoms with Crippen LogP contribution in [-0.4, -0.2) is 30.1 Å². The number of ether oxygens (including phenoxy) is 1. The Morgan fingerprint density at radius 3 is 2.42 bits per heavy atom. The molecule has 0 fully saturated rings. The molecule has 7 heteroatoms. The van der Waals surface area contributed by atoms with Gasteiger partial charge in [-0.25, -0.2) is 4.79 Å². The number of anilines is 1. The summed E-state index contributed by atoms with van der Waals surface area (Å²) < 4.78 is 5.04. The molecule has 0 unspecified atom stereocenters. The van der Waals surface area contributed by atoms with E-state index in [4.69, 9.17) is 10.5 Å². The number of esters is 1. The van der Waals surface area contributed by atoms with Gasteiger partial charge in [0.1, 0.15) is 0 Å². The smallest absolute Gasteiger partial charge is 0.338 e. The summed E-state index contributed by atoms with van der Waals surface area (Å²) in [7, 11) is 0. The number of amides is 2. The van der Waals surface area contributed by atoms with Crippen LogP contribution < -0.4 is 11.1 Å². The summed E-state index contributed by atoms with van der Waals surface area (Å²) in [5.74, 6) is -1.36. The second-order valence-corrected chi connectivity index (χ2v) is 6.44. The minimum absolute atomic E-state index is 0.107. The Morgan fingerprint density at radius 2 is 1.77 bits per heavy atom. The van der Waals surface area contributed by atoms with Crippen LogP contribution >= 0.6 is 11.8 Å². The van der Waals surface area contributed by atoms with Crippen molar-refractivity contribution in [3.8, 4) is 0 Å². The molecule has 2 aromatic rings. The zero-order valence-electron chi connectivity index (χ0n) is 14.4. The third-order valence-corrected chi connectivity index (χ3v) is 4.56. The summed E-state index contributed by atoms with van der Waals surface area (Å²) >= 11 is 1.22. The maximum Gasteiger partial charge on any atom is 0.338 e. The number of benzene rings is 2. The van der Waals surface area contributed by atoms with E-state index in [1.807, 2.05) is 19.1 Å². The molecule has 0 radical (unpaired) electrons. The van der Waals surface area contributed by atoms with Crippen molar-refractivity contribution in [3.63, 3.8) is 0 Å². The lowest BCUT2D eigenvalue weighted by Crippen LogP contribution is -2.21. The first-order chi connectivity index (χ1) is 12.5. The topological polar surface area (TPSA) is 98.5 Å². The van der Waals surface area contributed by atoms with Crippen LogP contribution in [0.3, 0.4) is 0 Å². The van der Waals surface area contributed by atoms with Crippen LogP contribution in [0.2, 0.25) is 0 Å². The number of primary amides is 1. The molecule has 136 valence electrons. The SMILES string of the molecule is CCc1ccc(C(=O)OCC(=O)Nc2ccccc2SCC(N)=O)cc1. The van der Waals surface area contributed by atoms with Crippen LogP contribution in [0.25, 0.3) is 0 Å². The van der Waals surface area contributed by atoms with Gasteiger partial charge >= 0.3 is 5.97 Å². The molecule has 0 aliphatic heterocycles. The average Bonchev–Trinajstić information content (AvgIpc) is 2.65. The van der Waals surface area contributed by atoms with Crippen molar-refractivity contribution in [1.29, 1.82) is 0 Å². The normalized spacial score (nSPS) is 10.2. The molecule has 3 N–H and O–H groups in total. The monoisotopic (exact) mass is 372 g/mol. The first kappa shape index (κ1) is 19.5. The number of rotatable bonds is 8. The zero-order chi connectivity index (χ0) is 18.9. The van der Waals surface area contributed by atoms with Gasteiger partial charge in [0.2, 0.25) is 5.91 Å². The van der Waals surface area contributed by atoms with E-state index in [0.717, 1.165) is 12.0 Å². The highest BCUT2D eigenvalue weighted by molar-refractivity contribution is 8.00. The van der Waals surface area contributed by atoms with Crippen LogP contribution in [-0.2, 0) is 20.7 Å². The van der Waals surface area contributed by atoms with Crippen molar-refractivity contribution in [2.24, 2.45) is 5.73 Å². The standard InChI is InChI=1S/C19H20N2O4S/c1-2-13-7-9-14(10-8-13)19(24)25-11-18(23)21-15-5-3-4-6-16(15)26-12-17(20)22/h3-10H,2,11-12H2,1H3,(H2,20,22)(H,21,23). The molecular weight excluding hydrogens is 352 g/mol. The number of nitrogens with two attached hydrogens (primary N) is 1. The molecule has 0 bridgehead atoms. The van der Waals surface area contributed by atoms with Gasteiger partial charge in [-0.1, -0.05) is 31.2 Å². The Kier molecular flexibility index (Phi) is 7.23. The van der Waals surface area contributed by atoms with Gasteiger partial charge in [0.15, 0.2) is 6.61 Å². The lowest BCUT2D eigenvalue weighted by atomic mass is 10.1. The van der Waals surface area contributed by atoms with Crippen LogP contribution in [0.4, 0.5) is 5.69 Å². The Labute approximate surface area is 156 Å². The predicted molar refractivity (Wildman–Crippen MR) is 101 cm³/mol. The Hall–Kier alpha value is -2.80. The molecule has 0 aliphatic rings. The molecule has 0 heterocycles.